The van der Waals surface area contributed by atoms with Gasteiger partial charge in [-0.15, -0.1) is 0 Å². The van der Waals surface area contributed by atoms with Crippen LogP contribution in [0.2, 0.25) is 0 Å². The number of amides is 3. The van der Waals surface area contributed by atoms with E-state index in [1.54, 1.807) is 17.2 Å². The van der Waals surface area contributed by atoms with Crippen molar-refractivity contribution in [3.05, 3.63) is 52.6 Å². The van der Waals surface area contributed by atoms with Crippen molar-refractivity contribution in [1.29, 1.82) is 0 Å². The van der Waals surface area contributed by atoms with E-state index < -0.39 is 24.4 Å². The zero-order chi connectivity index (χ0) is 28.9. The number of anilines is 1. The maximum absolute atomic E-state index is 12.8. The van der Waals surface area contributed by atoms with Gasteiger partial charge in [0.1, 0.15) is 11.9 Å². The molecule has 1 aromatic carbocycles. The lowest BCUT2D eigenvalue weighted by atomic mass is 9.90. The molecule has 1 aliphatic heterocycles. The van der Waals surface area contributed by atoms with Crippen molar-refractivity contribution >= 4 is 17.8 Å². The first-order valence-corrected chi connectivity index (χ1v) is 14.7. The number of rotatable bonds is 9. The number of carbonyl (C=O) groups is 2. The number of nitrogens with two attached hydrogens (primary N) is 2. The third kappa shape index (κ3) is 7.50. The average molecular weight is 567 g/mol. The fourth-order valence-electron chi connectivity index (χ4n) is 5.74. The van der Waals surface area contributed by atoms with Gasteiger partial charge in [-0.05, 0) is 68.2 Å². The number of urea groups is 1. The summed E-state index contributed by atoms with van der Waals surface area (Å²) in [5.41, 5.74) is 13.2. The molecule has 3 aliphatic rings. The summed E-state index contributed by atoms with van der Waals surface area (Å²) in [5, 5.41) is 11.8. The molecule has 2 saturated carbocycles. The summed E-state index contributed by atoms with van der Waals surface area (Å²) in [5.74, 6) is 0.644. The van der Waals surface area contributed by atoms with Gasteiger partial charge in [0, 0.05) is 57.5 Å². The van der Waals surface area contributed by atoms with Crippen molar-refractivity contribution in [2.45, 2.75) is 63.2 Å². The molecule has 3 fully saturated rings. The lowest BCUT2D eigenvalue weighted by Crippen LogP contribution is -2.55. The molecule has 0 bridgehead atoms. The van der Waals surface area contributed by atoms with Crippen molar-refractivity contribution in [2.75, 3.05) is 44.6 Å². The number of benzene rings is 1. The van der Waals surface area contributed by atoms with Crippen LogP contribution >= 0.6 is 0 Å². The van der Waals surface area contributed by atoms with Gasteiger partial charge in [-0.3, -0.25) is 19.6 Å². The minimum atomic E-state index is -0.953. The fourth-order valence-corrected chi connectivity index (χ4v) is 5.74. The Balaban J connectivity index is 1.16. The van der Waals surface area contributed by atoms with Crippen molar-refractivity contribution in [3.8, 4) is 5.69 Å². The molecule has 6 N–H and O–H groups in total. The number of aliphatic hydroxyl groups is 1. The standard InChI is InChI=1S/C29H42N8O4/c30-22-5-9-23(10-6-22)36(17-20-1-2-20)18-21-3-7-24(8-4-21)37-12-11-26(33-29(37)41)32-28(40)35-15-13-34(14-16-35)27(39)25(31)19-38/h3-4,7-8,11-12,20,22-23,25,38H,1-2,5-6,9-10,13-19,30-31H2,(H,32,33,40,41)/t22-,23-,25-/m0/s1. The second-order valence-corrected chi connectivity index (χ2v) is 11.6. The summed E-state index contributed by atoms with van der Waals surface area (Å²) in [6, 6.07) is 9.19. The Bertz CT molecular complexity index is 1250. The van der Waals surface area contributed by atoms with Crippen molar-refractivity contribution < 1.29 is 14.7 Å². The fraction of sp³-hybridized carbons (Fsp3) is 0.586. The molecule has 5 rings (SSSR count). The SMILES string of the molecule is N[C@@H](CO)C(=O)N1CCN(C(=O)Nc2ccn(-c3ccc(CN(CC4CC4)[C@H]4CC[C@H](N)CC4)cc3)c(=O)n2)CC1. The Morgan fingerprint density at radius 2 is 1.66 bits per heavy atom. The molecule has 0 radical (unpaired) electrons. The first kappa shape index (κ1) is 29.2. The zero-order valence-electron chi connectivity index (χ0n) is 23.5. The molecule has 222 valence electrons. The Morgan fingerprint density at radius 3 is 2.27 bits per heavy atom. The first-order valence-electron chi connectivity index (χ1n) is 14.7. The predicted octanol–water partition coefficient (Wildman–Crippen LogP) is 0.710. The number of aromatic nitrogens is 2. The van der Waals surface area contributed by atoms with E-state index in [-0.39, 0.29) is 11.7 Å². The Morgan fingerprint density at radius 1 is 1.00 bits per heavy atom. The number of hydrogen-bond donors (Lipinski definition) is 4. The van der Waals surface area contributed by atoms with Crippen molar-refractivity contribution in [1.82, 2.24) is 24.3 Å². The molecule has 12 heteroatoms. The number of aliphatic hydroxyl groups excluding tert-OH is 1. The van der Waals surface area contributed by atoms with Gasteiger partial charge in [0.25, 0.3) is 0 Å². The number of hydrogen-bond acceptors (Lipinski definition) is 8. The van der Waals surface area contributed by atoms with Gasteiger partial charge < -0.3 is 26.4 Å². The maximum atomic E-state index is 12.8. The average Bonchev–Trinajstić information content (AvgIpc) is 3.81. The molecular weight excluding hydrogens is 524 g/mol. The molecule has 2 aliphatic carbocycles. The number of carbonyl (C=O) groups excluding carboxylic acids is 2. The van der Waals surface area contributed by atoms with E-state index in [1.807, 2.05) is 12.1 Å². The van der Waals surface area contributed by atoms with Crippen LogP contribution in [0.1, 0.15) is 44.1 Å². The molecule has 12 nitrogen and oxygen atoms in total. The van der Waals surface area contributed by atoms with Gasteiger partial charge in [-0.25, -0.2) is 9.59 Å². The Kier molecular flexibility index (Phi) is 9.33. The van der Waals surface area contributed by atoms with Crippen LogP contribution in [0.15, 0.2) is 41.3 Å². The summed E-state index contributed by atoms with van der Waals surface area (Å²) < 4.78 is 1.46. The number of nitrogens with one attached hydrogen (secondary N) is 1. The molecule has 41 heavy (non-hydrogen) atoms. The summed E-state index contributed by atoms with van der Waals surface area (Å²) in [6.07, 6.45) is 8.76. The molecule has 1 aromatic heterocycles. The third-order valence-electron chi connectivity index (χ3n) is 8.48. The molecule has 2 heterocycles. The highest BCUT2D eigenvalue weighted by Crippen LogP contribution is 2.33. The smallest absolute Gasteiger partial charge is 0.354 e. The van der Waals surface area contributed by atoms with Crippen LogP contribution in [0.5, 0.6) is 0 Å². The van der Waals surface area contributed by atoms with Crippen LogP contribution in [0, 0.1) is 5.92 Å². The van der Waals surface area contributed by atoms with Gasteiger partial charge in [0.05, 0.1) is 12.3 Å². The quantitative estimate of drug-likeness (QED) is 0.345. The zero-order valence-corrected chi connectivity index (χ0v) is 23.5. The van der Waals surface area contributed by atoms with Gasteiger partial charge >= 0.3 is 11.7 Å². The van der Waals surface area contributed by atoms with E-state index in [2.05, 4.69) is 27.3 Å². The van der Waals surface area contributed by atoms with Crippen LogP contribution in [-0.2, 0) is 11.3 Å². The molecule has 1 saturated heterocycles. The maximum Gasteiger partial charge on any atom is 0.354 e. The normalized spacial score (nSPS) is 22.0. The van der Waals surface area contributed by atoms with Crippen LogP contribution in [0.4, 0.5) is 10.6 Å². The molecular formula is C29H42N8O4. The highest BCUT2D eigenvalue weighted by molar-refractivity contribution is 5.88. The van der Waals surface area contributed by atoms with E-state index in [0.29, 0.717) is 44.0 Å². The molecule has 2 aromatic rings. The molecule has 3 amide bonds. The monoisotopic (exact) mass is 566 g/mol. The summed E-state index contributed by atoms with van der Waals surface area (Å²) in [4.78, 5) is 47.4. The second-order valence-electron chi connectivity index (χ2n) is 11.6. The van der Waals surface area contributed by atoms with Gasteiger partial charge in [-0.2, -0.15) is 4.98 Å². The summed E-state index contributed by atoms with van der Waals surface area (Å²) in [6.45, 7) is 2.87. The van der Waals surface area contributed by atoms with E-state index in [4.69, 9.17) is 16.6 Å². The third-order valence-corrected chi connectivity index (χ3v) is 8.48. The summed E-state index contributed by atoms with van der Waals surface area (Å²) >= 11 is 0. The minimum Gasteiger partial charge on any atom is -0.394 e. The van der Waals surface area contributed by atoms with Crippen LogP contribution < -0.4 is 22.5 Å². The van der Waals surface area contributed by atoms with Crippen LogP contribution in [0.3, 0.4) is 0 Å². The number of piperazine rings is 1. The topological polar surface area (TPSA) is 163 Å². The minimum absolute atomic E-state index is 0.164. The lowest BCUT2D eigenvalue weighted by Gasteiger charge is -2.36. The highest BCUT2D eigenvalue weighted by atomic mass is 16.3. The predicted molar refractivity (Wildman–Crippen MR) is 155 cm³/mol. The Hall–Kier alpha value is -3.32. The first-order chi connectivity index (χ1) is 19.8. The highest BCUT2D eigenvalue weighted by Gasteiger charge is 2.30. The molecule has 0 unspecified atom stereocenters. The summed E-state index contributed by atoms with van der Waals surface area (Å²) in [7, 11) is 0. The van der Waals surface area contributed by atoms with Gasteiger partial charge in [-0.1, -0.05) is 12.1 Å². The lowest BCUT2D eigenvalue weighted by molar-refractivity contribution is -0.134. The van der Waals surface area contributed by atoms with E-state index >= 15 is 0 Å². The largest absolute Gasteiger partial charge is 0.394 e. The van der Waals surface area contributed by atoms with E-state index in [9.17, 15) is 14.4 Å². The van der Waals surface area contributed by atoms with Crippen LogP contribution in [0.25, 0.3) is 5.69 Å². The van der Waals surface area contributed by atoms with Crippen molar-refractivity contribution in [3.63, 3.8) is 0 Å². The van der Waals surface area contributed by atoms with Gasteiger partial charge in [0.15, 0.2) is 0 Å². The molecule has 1 atom stereocenters. The van der Waals surface area contributed by atoms with Crippen molar-refractivity contribution in [2.24, 2.45) is 17.4 Å². The van der Waals surface area contributed by atoms with E-state index in [0.717, 1.165) is 44.7 Å². The Labute approximate surface area is 240 Å². The van der Waals surface area contributed by atoms with Gasteiger partial charge in [0.2, 0.25) is 5.91 Å². The number of nitrogens with zero attached hydrogens (tertiary/aromatic N) is 5. The second kappa shape index (κ2) is 13.1. The molecule has 0 spiro atoms. The van der Waals surface area contributed by atoms with Crippen LogP contribution in [-0.4, -0.2) is 98.8 Å². The van der Waals surface area contributed by atoms with E-state index in [1.165, 1.54) is 27.9 Å².